The summed E-state index contributed by atoms with van der Waals surface area (Å²) < 4.78 is 8.88. The zero-order valence-corrected chi connectivity index (χ0v) is 17.3. The fraction of sp³-hybridized carbons (Fsp3) is 0.385. The molecule has 0 heterocycles. The van der Waals surface area contributed by atoms with Gasteiger partial charge in [-0.3, -0.25) is 6.08 Å². The Kier molecular flexibility index (Phi) is 8.33. The molecule has 0 bridgehead atoms. The zero-order valence-electron chi connectivity index (χ0n) is 11.8. The van der Waals surface area contributed by atoms with E-state index in [0.717, 1.165) is 12.8 Å². The van der Waals surface area contributed by atoms with Crippen LogP contribution in [0.25, 0.3) is 0 Å². The van der Waals surface area contributed by atoms with Crippen molar-refractivity contribution < 1.29 is 28.7 Å². The Balaban J connectivity index is -0.000000216. The molecule has 2 heteroatoms. The van der Waals surface area contributed by atoms with Crippen LogP contribution in [-0.4, -0.2) is 21.2 Å². The fourth-order valence-electron chi connectivity index (χ4n) is 1.26. The van der Waals surface area contributed by atoms with Gasteiger partial charge in [-0.15, -0.1) is 6.42 Å². The van der Waals surface area contributed by atoms with E-state index in [-0.39, 0.29) is 28.7 Å². The minimum atomic E-state index is -1.79. The molecule has 0 spiro atoms. The SMILES string of the molecule is [C-]1=CC=CC1.[CH3][Pb]([CH3])([CH3])[C]1=[C-]CC=C1.[H-].[H-].[Hf+4]. The van der Waals surface area contributed by atoms with Crippen LogP contribution >= 0.6 is 0 Å². The number of rotatable bonds is 1. The van der Waals surface area contributed by atoms with Crippen molar-refractivity contribution in [3.05, 3.63) is 45.7 Å². The maximum atomic E-state index is 3.40. The van der Waals surface area contributed by atoms with E-state index in [1.165, 1.54) is 0 Å². The Morgan fingerprint density at radius 1 is 1.20 bits per heavy atom. The molecule has 0 aliphatic heterocycles. The van der Waals surface area contributed by atoms with E-state index in [1.54, 1.807) is 3.13 Å². The first-order chi connectivity index (χ1) is 6.61. The van der Waals surface area contributed by atoms with Gasteiger partial charge < -0.3 is 2.85 Å². The van der Waals surface area contributed by atoms with Crippen molar-refractivity contribution in [2.75, 3.05) is 0 Å². The third-order valence-electron chi connectivity index (χ3n) is 2.09. The van der Waals surface area contributed by atoms with Gasteiger partial charge in [0.05, 0.1) is 0 Å². The van der Waals surface area contributed by atoms with Crippen molar-refractivity contribution >= 4 is 21.2 Å². The third kappa shape index (κ3) is 6.82. The van der Waals surface area contributed by atoms with Crippen molar-refractivity contribution in [1.29, 1.82) is 0 Å². The monoisotopic (exact) mass is 564 g/mol. The predicted octanol–water partition coefficient (Wildman–Crippen LogP) is 4.08. The topological polar surface area (TPSA) is 0 Å². The molecule has 0 aromatic heterocycles. The smallest absolute Gasteiger partial charge is 1.00 e. The molecule has 2 aliphatic carbocycles. The Bertz CT molecular complexity index is 289. The second-order valence-corrected chi connectivity index (χ2v) is 24.0. The van der Waals surface area contributed by atoms with E-state index in [4.69, 9.17) is 0 Å². The van der Waals surface area contributed by atoms with Gasteiger partial charge in [-0.25, -0.2) is 12.2 Å². The summed E-state index contributed by atoms with van der Waals surface area (Å²) in [6, 6.07) is 0. The van der Waals surface area contributed by atoms with Crippen LogP contribution in [0.1, 0.15) is 15.7 Å². The zero-order chi connectivity index (χ0) is 10.4. The van der Waals surface area contributed by atoms with Gasteiger partial charge in [0.2, 0.25) is 0 Å². The van der Waals surface area contributed by atoms with E-state index < -0.39 is 21.2 Å². The van der Waals surface area contributed by atoms with E-state index in [1.807, 2.05) is 12.2 Å². The molecule has 0 amide bonds. The Labute approximate surface area is 121 Å². The van der Waals surface area contributed by atoms with E-state index in [2.05, 4.69) is 43.8 Å². The summed E-state index contributed by atoms with van der Waals surface area (Å²) in [7, 11) is 0. The molecule has 0 N–H and O–H groups in total. The molecule has 0 nitrogen and oxygen atoms in total. The number of hydrogen-bond acceptors (Lipinski definition) is 0. The first-order valence-electron chi connectivity index (χ1n) is 5.10. The average molecular weight is 562 g/mol. The molecular formula is C13H20HfPb. The van der Waals surface area contributed by atoms with Gasteiger partial charge in [0.15, 0.2) is 0 Å². The summed E-state index contributed by atoms with van der Waals surface area (Å²) in [5.41, 5.74) is 0. The summed E-state index contributed by atoms with van der Waals surface area (Å²) in [6.07, 6.45) is 18.9. The van der Waals surface area contributed by atoms with Crippen LogP contribution < -0.4 is 0 Å². The molecule has 0 atom stereocenters. The van der Waals surface area contributed by atoms with E-state index >= 15 is 0 Å². The van der Waals surface area contributed by atoms with E-state index in [0.29, 0.717) is 0 Å². The van der Waals surface area contributed by atoms with Crippen molar-refractivity contribution in [3.8, 4) is 0 Å². The van der Waals surface area contributed by atoms with Crippen LogP contribution in [0.15, 0.2) is 33.5 Å². The second kappa shape index (κ2) is 7.93. The minimum Gasteiger partial charge on any atom is -1.00 e. The van der Waals surface area contributed by atoms with Crippen molar-refractivity contribution in [2.45, 2.75) is 26.3 Å². The molecule has 0 unspecified atom stereocenters. The Morgan fingerprint density at radius 2 is 1.93 bits per heavy atom. The van der Waals surface area contributed by atoms with Crippen molar-refractivity contribution in [2.24, 2.45) is 0 Å². The molecule has 80 valence electrons. The number of allylic oxidation sites excluding steroid dienone is 8. The van der Waals surface area contributed by atoms with Gasteiger partial charge in [0, 0.05) is 0 Å². The second-order valence-electron chi connectivity index (χ2n) is 4.45. The fourth-order valence-corrected chi connectivity index (χ4v) is 6.12. The molecule has 0 aromatic rings. The Morgan fingerprint density at radius 3 is 2.13 bits per heavy atom. The van der Waals surface area contributed by atoms with Gasteiger partial charge in [0.1, 0.15) is 0 Å². The summed E-state index contributed by atoms with van der Waals surface area (Å²) in [4.78, 5) is 0. The molecule has 0 fully saturated rings. The van der Waals surface area contributed by atoms with Crippen molar-refractivity contribution in [1.82, 2.24) is 0 Å². The summed E-state index contributed by atoms with van der Waals surface area (Å²) in [5, 5.41) is 0. The minimum absolute atomic E-state index is 0. The molecule has 0 saturated heterocycles. The molecular weight excluding hydrogens is 542 g/mol. The van der Waals surface area contributed by atoms with Crippen LogP contribution in [-0.2, 0) is 25.8 Å². The standard InChI is InChI=1S/C5H5.C5H4.3CH3.Hf.Pb.2H/c2*1-2-4-5-3-1;;;;;;;/h1-3H,4H2;1-2H,3H2;3*1H3;;;;/q2*-1;;;;+4;;2*-1. The van der Waals surface area contributed by atoms with Crippen LogP contribution in [0.2, 0.25) is 13.4 Å². The van der Waals surface area contributed by atoms with Gasteiger partial charge in [-0.1, -0.05) is 0 Å². The van der Waals surface area contributed by atoms with Gasteiger partial charge >= 0.3 is 88.2 Å². The first-order valence-corrected chi connectivity index (χ1v) is 18.7. The van der Waals surface area contributed by atoms with Crippen LogP contribution in [0, 0.1) is 12.2 Å². The molecule has 2 rings (SSSR count). The first kappa shape index (κ1) is 15.8. The molecule has 0 aromatic carbocycles. The molecule has 0 radical (unpaired) electrons. The van der Waals surface area contributed by atoms with Crippen LogP contribution in [0.3, 0.4) is 0 Å². The maximum Gasteiger partial charge on any atom is 4.00 e. The third-order valence-corrected chi connectivity index (χ3v) is 9.71. The normalized spacial score (nSPS) is 16.9. The van der Waals surface area contributed by atoms with Crippen LogP contribution in [0.5, 0.6) is 0 Å². The Hall–Kier alpha value is 0.752. The summed E-state index contributed by atoms with van der Waals surface area (Å²) in [6.45, 7) is 0. The molecule has 2 aliphatic rings. The van der Waals surface area contributed by atoms with Gasteiger partial charge in [-0.2, -0.15) is 6.08 Å². The largest absolute Gasteiger partial charge is 4.00 e. The molecule has 0 saturated carbocycles. The summed E-state index contributed by atoms with van der Waals surface area (Å²) >= 11 is -1.79. The average Bonchev–Trinajstić information content (AvgIpc) is 2.80. The van der Waals surface area contributed by atoms with E-state index in [9.17, 15) is 0 Å². The maximum absolute atomic E-state index is 3.40. The summed E-state index contributed by atoms with van der Waals surface area (Å²) in [5.74, 6) is 0. The van der Waals surface area contributed by atoms with Crippen LogP contribution in [0.4, 0.5) is 0 Å². The quantitative estimate of drug-likeness (QED) is 0.334. The van der Waals surface area contributed by atoms with Gasteiger partial charge in [0.25, 0.3) is 0 Å². The van der Waals surface area contributed by atoms with Crippen molar-refractivity contribution in [3.63, 3.8) is 0 Å². The predicted molar refractivity (Wildman–Crippen MR) is 67.7 cm³/mol. The van der Waals surface area contributed by atoms with Gasteiger partial charge in [-0.05, 0) is 0 Å². The molecule has 15 heavy (non-hydrogen) atoms. The number of hydrogen-bond donors (Lipinski definition) is 0.